The van der Waals surface area contributed by atoms with Gasteiger partial charge in [0.05, 0.1) is 46.7 Å². The second-order valence-electron chi connectivity index (χ2n) is 15.6. The van der Waals surface area contributed by atoms with Gasteiger partial charge < -0.3 is 37.9 Å². The summed E-state index contributed by atoms with van der Waals surface area (Å²) in [5.74, 6) is 1.04. The zero-order valence-corrected chi connectivity index (χ0v) is 38.7. The van der Waals surface area contributed by atoms with Crippen LogP contribution in [0.5, 0.6) is 11.5 Å². The maximum absolute atomic E-state index is 12.2. The third-order valence-corrected chi connectivity index (χ3v) is 7.13. The maximum Gasteiger partial charge on any atom is 0.414 e. The highest BCUT2D eigenvalue weighted by Crippen LogP contribution is 2.31. The van der Waals surface area contributed by atoms with Gasteiger partial charge in [0.2, 0.25) is 11.9 Å². The van der Waals surface area contributed by atoms with Crippen molar-refractivity contribution in [3.8, 4) is 11.5 Å². The molecule has 0 aliphatic heterocycles. The van der Waals surface area contributed by atoms with E-state index in [1.165, 1.54) is 0 Å². The third kappa shape index (κ3) is 26.5. The van der Waals surface area contributed by atoms with Crippen molar-refractivity contribution in [1.29, 1.82) is 0 Å². The molecule has 0 heterocycles. The molecule has 20 heteroatoms. The first-order valence-corrected chi connectivity index (χ1v) is 19.9. The van der Waals surface area contributed by atoms with Crippen molar-refractivity contribution in [3.05, 3.63) is 19.3 Å². The molecule has 0 atom stereocenters. The van der Waals surface area contributed by atoms with Crippen LogP contribution in [0.15, 0.2) is 22.1 Å². The average molecular weight is 1020 g/mol. The van der Waals surface area contributed by atoms with Crippen molar-refractivity contribution in [2.75, 3.05) is 52.7 Å². The summed E-state index contributed by atoms with van der Waals surface area (Å²) in [4.78, 5) is 57.4. The van der Waals surface area contributed by atoms with Crippen molar-refractivity contribution in [2.45, 2.75) is 105 Å². The lowest BCUT2D eigenvalue weighted by Crippen LogP contribution is -2.47. The van der Waals surface area contributed by atoms with Gasteiger partial charge in [0, 0.05) is 0 Å². The molecule has 0 spiro atoms. The van der Waals surface area contributed by atoms with Gasteiger partial charge in [-0.1, -0.05) is 0 Å². The third-order valence-electron chi connectivity index (χ3n) is 5.45. The van der Waals surface area contributed by atoms with E-state index in [2.05, 4.69) is 76.4 Å². The topological polar surface area (TPSA) is 215 Å². The van der Waals surface area contributed by atoms with Gasteiger partial charge >= 0.3 is 24.4 Å². The Hall–Kier alpha value is -3.38. The SMILES string of the molecule is CC(C)(C)OC(=O)NC(=NCCOCCOc1cc(I)c(OCCOCCN=C(NC(=O)OC(C)(C)C)NC(=O)OC(C)(C)C)cc1I)NC(=O)OC(C)(C)C. The summed E-state index contributed by atoms with van der Waals surface area (Å²) < 4.78 is 45.7. The summed E-state index contributed by atoms with van der Waals surface area (Å²) >= 11 is 4.31. The predicted octanol–water partition coefficient (Wildman–Crippen LogP) is 6.50. The van der Waals surface area contributed by atoms with Crippen LogP contribution in [0.1, 0.15) is 83.1 Å². The lowest BCUT2D eigenvalue weighted by Gasteiger charge is -2.22. The lowest BCUT2D eigenvalue weighted by molar-refractivity contribution is 0.0520. The van der Waals surface area contributed by atoms with Crippen LogP contribution in [-0.2, 0) is 28.4 Å². The zero-order chi connectivity index (χ0) is 42.7. The molecular weight excluding hydrogens is 962 g/mol. The Morgan fingerprint density at radius 1 is 0.482 bits per heavy atom. The van der Waals surface area contributed by atoms with Crippen LogP contribution < -0.4 is 30.7 Å². The highest BCUT2D eigenvalue weighted by molar-refractivity contribution is 14.1. The Balaban J connectivity index is 2.57. The van der Waals surface area contributed by atoms with Crippen LogP contribution in [0.3, 0.4) is 0 Å². The number of hydrogen-bond acceptors (Lipinski definition) is 14. The second kappa shape index (κ2) is 23.8. The molecule has 0 unspecified atom stereocenters. The Labute approximate surface area is 356 Å². The van der Waals surface area contributed by atoms with E-state index in [-0.39, 0.29) is 64.6 Å². The zero-order valence-electron chi connectivity index (χ0n) is 34.4. The standard InChI is InChI=1S/C36H58I2N6O12/c1-33(2,3)53-29(45)41-27(42-30(46)54-34(4,5)6)39-13-15-49-17-19-51-25-21-24(38)26(22-23(25)37)52-20-18-50-16-14-40-28(43-31(47)55-35(7,8)9)44-32(48)56-36(10,11)12/h21-22H,13-20H2,1-12H3,(H2,39,41,42,45,46)(H2,40,43,44,47,48). The molecule has 0 aliphatic carbocycles. The Bertz CT molecular complexity index is 1340. The number of amides is 4. The van der Waals surface area contributed by atoms with E-state index in [1.807, 2.05) is 12.1 Å². The van der Waals surface area contributed by atoms with Crippen LogP contribution in [0.2, 0.25) is 0 Å². The number of alkyl carbamates (subject to hydrolysis) is 4. The fourth-order valence-corrected chi connectivity index (χ4v) is 4.81. The molecule has 318 valence electrons. The molecule has 0 bridgehead atoms. The van der Waals surface area contributed by atoms with Gasteiger partial charge in [-0.2, -0.15) is 0 Å². The number of carbonyl (C=O) groups excluding carboxylic acids is 4. The number of nitrogens with zero attached hydrogens (tertiary/aromatic N) is 2. The second-order valence-corrected chi connectivity index (χ2v) is 17.9. The van der Waals surface area contributed by atoms with Gasteiger partial charge in [0.25, 0.3) is 0 Å². The van der Waals surface area contributed by atoms with E-state index < -0.39 is 46.8 Å². The van der Waals surface area contributed by atoms with E-state index >= 15 is 0 Å². The number of ether oxygens (including phenoxy) is 8. The molecule has 0 saturated heterocycles. The van der Waals surface area contributed by atoms with Gasteiger partial charge in [-0.05, 0) is 140 Å². The molecule has 18 nitrogen and oxygen atoms in total. The van der Waals surface area contributed by atoms with E-state index in [0.29, 0.717) is 11.5 Å². The molecule has 0 fully saturated rings. The van der Waals surface area contributed by atoms with Gasteiger partial charge in [-0.15, -0.1) is 0 Å². The molecule has 1 aromatic carbocycles. The Morgan fingerprint density at radius 2 is 0.750 bits per heavy atom. The molecule has 0 aliphatic rings. The van der Waals surface area contributed by atoms with Gasteiger partial charge in [0.15, 0.2) is 0 Å². The Morgan fingerprint density at radius 3 is 1.00 bits per heavy atom. The fourth-order valence-electron chi connectivity index (χ4n) is 3.62. The molecular formula is C36H58I2N6O12. The van der Waals surface area contributed by atoms with E-state index in [1.54, 1.807) is 83.1 Å². The van der Waals surface area contributed by atoms with Gasteiger partial charge in [-0.25, -0.2) is 29.2 Å². The minimum absolute atomic E-state index is 0.122. The number of guanidine groups is 2. The summed E-state index contributed by atoms with van der Waals surface area (Å²) in [6.07, 6.45) is -3.13. The number of carbonyl (C=O) groups is 4. The van der Waals surface area contributed by atoms with Crippen LogP contribution >= 0.6 is 45.2 Å². The molecule has 0 aromatic heterocycles. The van der Waals surface area contributed by atoms with Crippen molar-refractivity contribution in [3.63, 3.8) is 0 Å². The monoisotopic (exact) mass is 1020 g/mol. The van der Waals surface area contributed by atoms with Crippen LogP contribution in [0.4, 0.5) is 19.2 Å². The molecule has 0 radical (unpaired) electrons. The molecule has 4 N–H and O–H groups in total. The molecule has 4 amide bonds. The fraction of sp³-hybridized carbons (Fsp3) is 0.667. The number of hydrogen-bond donors (Lipinski definition) is 4. The average Bonchev–Trinajstić information content (AvgIpc) is 2.97. The molecule has 56 heavy (non-hydrogen) atoms. The normalized spacial score (nSPS) is 11.7. The van der Waals surface area contributed by atoms with Crippen LogP contribution in [0.25, 0.3) is 0 Å². The summed E-state index contributed by atoms with van der Waals surface area (Å²) in [6.45, 7) is 22.2. The number of aliphatic imine (C=N–C) groups is 2. The van der Waals surface area contributed by atoms with Crippen molar-refractivity contribution in [2.24, 2.45) is 9.98 Å². The van der Waals surface area contributed by atoms with Gasteiger partial charge in [0.1, 0.15) is 47.1 Å². The van der Waals surface area contributed by atoms with E-state index in [0.717, 1.165) is 7.14 Å². The maximum atomic E-state index is 12.2. The van der Waals surface area contributed by atoms with Crippen molar-refractivity contribution < 1.29 is 57.1 Å². The first-order valence-electron chi connectivity index (χ1n) is 17.7. The van der Waals surface area contributed by atoms with Crippen LogP contribution in [0, 0.1) is 7.14 Å². The van der Waals surface area contributed by atoms with Crippen molar-refractivity contribution in [1.82, 2.24) is 21.3 Å². The summed E-state index contributed by atoms with van der Waals surface area (Å²) in [6, 6.07) is 3.71. The summed E-state index contributed by atoms with van der Waals surface area (Å²) in [5, 5.41) is 9.68. The number of rotatable bonds is 14. The molecule has 1 rings (SSSR count). The smallest absolute Gasteiger partial charge is 0.414 e. The number of nitrogens with one attached hydrogen (secondary N) is 4. The van der Waals surface area contributed by atoms with E-state index in [4.69, 9.17) is 37.9 Å². The first kappa shape index (κ1) is 50.6. The predicted molar refractivity (Wildman–Crippen MR) is 227 cm³/mol. The molecule has 0 saturated carbocycles. The minimum atomic E-state index is -0.783. The number of benzene rings is 1. The van der Waals surface area contributed by atoms with Crippen LogP contribution in [-0.4, -0.2) is 111 Å². The van der Waals surface area contributed by atoms with Gasteiger partial charge in [-0.3, -0.25) is 21.3 Å². The number of halogens is 2. The summed E-state index contributed by atoms with van der Waals surface area (Å²) in [5.41, 5.74) is -2.99. The quantitative estimate of drug-likeness (QED) is 0.0517. The Kier molecular flexibility index (Phi) is 21.5. The molecule has 1 aromatic rings. The minimum Gasteiger partial charge on any atom is -0.490 e. The van der Waals surface area contributed by atoms with E-state index in [9.17, 15) is 19.2 Å². The first-order chi connectivity index (χ1) is 25.7. The van der Waals surface area contributed by atoms with Crippen molar-refractivity contribution >= 4 is 81.5 Å². The summed E-state index contributed by atoms with van der Waals surface area (Å²) in [7, 11) is 0. The highest BCUT2D eigenvalue weighted by atomic mass is 127. The highest BCUT2D eigenvalue weighted by Gasteiger charge is 2.23. The lowest BCUT2D eigenvalue weighted by atomic mass is 10.2. The largest absolute Gasteiger partial charge is 0.490 e.